The number of piperidine rings is 1. The summed E-state index contributed by atoms with van der Waals surface area (Å²) in [4.78, 5) is 18.7. The normalized spacial score (nSPS) is 19.6. The molecule has 6 heteroatoms. The minimum Gasteiger partial charge on any atom is -0.508 e. The molecule has 0 aliphatic carbocycles. The Morgan fingerprint density at radius 3 is 2.89 bits per heavy atom. The van der Waals surface area contributed by atoms with Crippen molar-refractivity contribution in [1.82, 2.24) is 9.88 Å². The highest BCUT2D eigenvalue weighted by Crippen LogP contribution is 2.25. The lowest BCUT2D eigenvalue weighted by atomic mass is 10.0. The van der Waals surface area contributed by atoms with Crippen LogP contribution in [-0.2, 0) is 0 Å². The Balaban J connectivity index is 1.44. The minimum absolute atomic E-state index is 0.0930. The topological polar surface area (TPSA) is 82.9 Å². The maximum atomic E-state index is 12.8. The number of hydrogen-bond acceptors (Lipinski definition) is 5. The van der Waals surface area contributed by atoms with Crippen molar-refractivity contribution in [1.29, 1.82) is 0 Å². The number of pyridine rings is 1. The number of nitrogens with zero attached hydrogens (tertiary/aromatic N) is 2. The predicted molar refractivity (Wildman–Crippen MR) is 106 cm³/mol. The van der Waals surface area contributed by atoms with Gasteiger partial charge >= 0.3 is 0 Å². The lowest BCUT2D eigenvalue weighted by molar-refractivity contribution is -0.0198. The fourth-order valence-corrected chi connectivity index (χ4v) is 3.56. The average molecular weight is 378 g/mol. The molecule has 6 nitrogen and oxygen atoms in total. The van der Waals surface area contributed by atoms with Crippen molar-refractivity contribution < 1.29 is 19.7 Å². The van der Waals surface area contributed by atoms with Crippen molar-refractivity contribution in [2.24, 2.45) is 0 Å². The zero-order chi connectivity index (χ0) is 19.7. The first-order chi connectivity index (χ1) is 13.5. The SMILES string of the molecule is Cc1c(O)cccc1C(=O)N1CC[C@@H](Oc2ccc3ncccc3c2)[C@H](O)C1. The standard InChI is InChI=1S/C22H22N2O4/c1-14-17(5-2-6-19(14)25)22(27)24-11-9-21(20(26)13-24)28-16-7-8-18-15(12-16)4-3-10-23-18/h2-8,10,12,20-21,25-26H,9,11,13H2,1H3/t20-,21-/m1/s1. The van der Waals surface area contributed by atoms with E-state index in [-0.39, 0.29) is 24.3 Å². The van der Waals surface area contributed by atoms with Crippen LogP contribution in [0.2, 0.25) is 0 Å². The second-order valence-corrected chi connectivity index (χ2v) is 7.07. The molecule has 1 saturated heterocycles. The highest BCUT2D eigenvalue weighted by Gasteiger charge is 2.32. The molecule has 0 spiro atoms. The van der Waals surface area contributed by atoms with E-state index in [1.807, 2.05) is 30.3 Å². The number of fused-ring (bicyclic) bond motifs is 1. The number of phenols is 1. The van der Waals surface area contributed by atoms with Crippen LogP contribution < -0.4 is 4.74 Å². The van der Waals surface area contributed by atoms with Crippen molar-refractivity contribution >= 4 is 16.8 Å². The number of β-amino-alcohol motifs (C(OH)–C–C–N with tert-alkyl or cyclic N) is 1. The number of likely N-dealkylation sites (tertiary alicyclic amines) is 1. The Hall–Kier alpha value is -3.12. The molecule has 2 heterocycles. The molecule has 0 radical (unpaired) electrons. The van der Waals surface area contributed by atoms with Crippen LogP contribution in [0.5, 0.6) is 11.5 Å². The second kappa shape index (κ2) is 7.48. The van der Waals surface area contributed by atoms with E-state index in [1.165, 1.54) is 0 Å². The van der Waals surface area contributed by atoms with E-state index < -0.39 is 6.10 Å². The van der Waals surface area contributed by atoms with Gasteiger partial charge in [0.05, 0.1) is 12.1 Å². The van der Waals surface area contributed by atoms with Crippen LogP contribution in [0.3, 0.4) is 0 Å². The summed E-state index contributed by atoms with van der Waals surface area (Å²) in [7, 11) is 0. The number of carbonyl (C=O) groups is 1. The number of aromatic nitrogens is 1. The van der Waals surface area contributed by atoms with Crippen LogP contribution >= 0.6 is 0 Å². The van der Waals surface area contributed by atoms with Gasteiger partial charge in [0.2, 0.25) is 0 Å². The summed E-state index contributed by atoms with van der Waals surface area (Å²) >= 11 is 0. The maximum absolute atomic E-state index is 12.8. The average Bonchev–Trinajstić information content (AvgIpc) is 2.71. The van der Waals surface area contributed by atoms with E-state index in [4.69, 9.17) is 4.74 Å². The lowest BCUT2D eigenvalue weighted by Crippen LogP contribution is -2.51. The zero-order valence-corrected chi connectivity index (χ0v) is 15.6. The number of amides is 1. The molecule has 28 heavy (non-hydrogen) atoms. The van der Waals surface area contributed by atoms with E-state index in [0.29, 0.717) is 29.8 Å². The molecule has 2 N–H and O–H groups in total. The van der Waals surface area contributed by atoms with E-state index in [9.17, 15) is 15.0 Å². The number of benzene rings is 2. The van der Waals surface area contributed by atoms with E-state index in [2.05, 4.69) is 4.98 Å². The van der Waals surface area contributed by atoms with Gasteiger partial charge in [0, 0.05) is 35.7 Å². The van der Waals surface area contributed by atoms with E-state index in [1.54, 1.807) is 36.2 Å². The summed E-state index contributed by atoms with van der Waals surface area (Å²) in [6.07, 6.45) is 1.09. The molecule has 144 valence electrons. The predicted octanol–water partition coefficient (Wildman–Crippen LogP) is 2.90. The fraction of sp³-hybridized carbons (Fsp3) is 0.273. The van der Waals surface area contributed by atoms with Crippen molar-refractivity contribution in [2.75, 3.05) is 13.1 Å². The van der Waals surface area contributed by atoms with Crippen LogP contribution in [-0.4, -0.2) is 51.3 Å². The van der Waals surface area contributed by atoms with Crippen LogP contribution in [0.4, 0.5) is 0 Å². The van der Waals surface area contributed by atoms with Gasteiger partial charge in [-0.15, -0.1) is 0 Å². The van der Waals surface area contributed by atoms with Crippen LogP contribution in [0.25, 0.3) is 10.9 Å². The fourth-order valence-electron chi connectivity index (χ4n) is 3.56. The molecule has 4 rings (SSSR count). The largest absolute Gasteiger partial charge is 0.508 e. The van der Waals surface area contributed by atoms with Crippen molar-refractivity contribution in [3.8, 4) is 11.5 Å². The van der Waals surface area contributed by atoms with Crippen LogP contribution in [0, 0.1) is 6.92 Å². The Morgan fingerprint density at radius 2 is 2.07 bits per heavy atom. The third-order valence-corrected chi connectivity index (χ3v) is 5.20. The van der Waals surface area contributed by atoms with Gasteiger partial charge in [-0.2, -0.15) is 0 Å². The van der Waals surface area contributed by atoms with Crippen LogP contribution in [0.1, 0.15) is 22.3 Å². The first-order valence-electron chi connectivity index (χ1n) is 9.30. The van der Waals surface area contributed by atoms with Gasteiger partial charge in [0.25, 0.3) is 5.91 Å². The van der Waals surface area contributed by atoms with Crippen molar-refractivity contribution in [3.63, 3.8) is 0 Å². The number of aliphatic hydroxyl groups excluding tert-OH is 1. The number of aromatic hydroxyl groups is 1. The number of phenolic OH excluding ortho intramolecular Hbond substituents is 1. The molecule has 1 fully saturated rings. The summed E-state index contributed by atoms with van der Waals surface area (Å²) in [5.74, 6) is 0.575. The zero-order valence-electron chi connectivity index (χ0n) is 15.6. The molecule has 1 amide bonds. The molecule has 1 aromatic heterocycles. The Morgan fingerprint density at radius 1 is 1.21 bits per heavy atom. The third kappa shape index (κ3) is 3.51. The van der Waals surface area contributed by atoms with E-state index >= 15 is 0 Å². The second-order valence-electron chi connectivity index (χ2n) is 7.07. The molecular formula is C22H22N2O4. The van der Waals surface area contributed by atoms with Crippen molar-refractivity contribution in [3.05, 3.63) is 65.9 Å². The number of ether oxygens (including phenoxy) is 1. The van der Waals surface area contributed by atoms with Gasteiger partial charge in [-0.3, -0.25) is 9.78 Å². The molecule has 0 saturated carbocycles. The monoisotopic (exact) mass is 378 g/mol. The maximum Gasteiger partial charge on any atom is 0.254 e. The minimum atomic E-state index is -0.792. The highest BCUT2D eigenvalue weighted by molar-refractivity contribution is 5.96. The van der Waals surface area contributed by atoms with Crippen LogP contribution in [0.15, 0.2) is 54.7 Å². The summed E-state index contributed by atoms with van der Waals surface area (Å²) in [5, 5.41) is 21.4. The summed E-state index contributed by atoms with van der Waals surface area (Å²) in [6, 6.07) is 14.4. The molecule has 2 atom stereocenters. The summed E-state index contributed by atoms with van der Waals surface area (Å²) < 4.78 is 6.00. The highest BCUT2D eigenvalue weighted by atomic mass is 16.5. The van der Waals surface area contributed by atoms with Crippen molar-refractivity contribution in [2.45, 2.75) is 25.6 Å². The van der Waals surface area contributed by atoms with E-state index in [0.717, 1.165) is 10.9 Å². The van der Waals surface area contributed by atoms with Gasteiger partial charge in [-0.1, -0.05) is 12.1 Å². The van der Waals surface area contributed by atoms with Gasteiger partial charge in [-0.05, 0) is 43.3 Å². The Bertz CT molecular complexity index is 1020. The molecule has 0 unspecified atom stereocenters. The lowest BCUT2D eigenvalue weighted by Gasteiger charge is -2.36. The Labute approximate surface area is 163 Å². The number of aliphatic hydroxyl groups is 1. The molecule has 2 aromatic carbocycles. The Kier molecular flexibility index (Phi) is 4.88. The smallest absolute Gasteiger partial charge is 0.254 e. The van der Waals surface area contributed by atoms with Gasteiger partial charge < -0.3 is 19.8 Å². The number of carbonyl (C=O) groups excluding carboxylic acids is 1. The molecule has 0 bridgehead atoms. The molecule has 1 aliphatic rings. The molecular weight excluding hydrogens is 356 g/mol. The quantitative estimate of drug-likeness (QED) is 0.732. The summed E-state index contributed by atoms with van der Waals surface area (Å²) in [5.41, 5.74) is 1.89. The van der Waals surface area contributed by atoms with Gasteiger partial charge in [0.1, 0.15) is 23.7 Å². The molecule has 1 aliphatic heterocycles. The summed E-state index contributed by atoms with van der Waals surface area (Å²) in [6.45, 7) is 2.38. The first kappa shape index (κ1) is 18.3. The van der Waals surface area contributed by atoms with Gasteiger partial charge in [-0.25, -0.2) is 0 Å². The molecule has 3 aromatic rings. The van der Waals surface area contributed by atoms with Gasteiger partial charge in [0.15, 0.2) is 0 Å². The number of rotatable bonds is 3. The number of hydrogen-bond donors (Lipinski definition) is 2. The first-order valence-corrected chi connectivity index (χ1v) is 9.30. The third-order valence-electron chi connectivity index (χ3n) is 5.20.